The summed E-state index contributed by atoms with van der Waals surface area (Å²) < 4.78 is 64.4. The van der Waals surface area contributed by atoms with Crippen molar-refractivity contribution in [2.45, 2.75) is 140 Å². The molecule has 1 rings (SSSR count). The number of rotatable bonds is 26. The monoisotopic (exact) mass is 904 g/mol. The van der Waals surface area contributed by atoms with E-state index in [9.17, 15) is 63.1 Å². The highest BCUT2D eigenvalue weighted by atomic mass is 31.2. The van der Waals surface area contributed by atoms with Crippen LogP contribution in [-0.2, 0) is 50.9 Å². The van der Waals surface area contributed by atoms with Gasteiger partial charge in [0, 0.05) is 12.3 Å². The maximum absolute atomic E-state index is 13.0. The molecule has 8 N–H and O–H groups in total. The molecule has 0 saturated heterocycles. The highest BCUT2D eigenvalue weighted by Crippen LogP contribution is 2.51. The van der Waals surface area contributed by atoms with Gasteiger partial charge in [0.05, 0.1) is 6.61 Å². The number of ether oxygens (including phenoxy) is 2. The van der Waals surface area contributed by atoms with Gasteiger partial charge in [0.25, 0.3) is 0 Å². The predicted octanol–water partition coefficient (Wildman–Crippen LogP) is 2.13. The number of phosphoric ester groups is 3. The van der Waals surface area contributed by atoms with E-state index in [0.29, 0.717) is 12.8 Å². The van der Waals surface area contributed by atoms with Gasteiger partial charge in [-0.3, -0.25) is 22.9 Å². The fourth-order valence-electron chi connectivity index (χ4n) is 5.40. The fourth-order valence-corrected chi connectivity index (χ4v) is 7.50. The quantitative estimate of drug-likeness (QED) is 0.0203. The van der Waals surface area contributed by atoms with Gasteiger partial charge >= 0.3 is 35.4 Å². The summed E-state index contributed by atoms with van der Waals surface area (Å²) in [6.45, 7) is 0.365. The number of unbranched alkanes of at least 4 members (excludes halogenated alkanes) is 12. The molecule has 0 bridgehead atoms. The summed E-state index contributed by atoms with van der Waals surface area (Å²) in [4.78, 5) is 72.2. The van der Waals surface area contributed by atoms with Crippen molar-refractivity contribution in [1.29, 1.82) is 0 Å². The number of carbonyl (C=O) groups excluding carboxylic acids is 2. The Balaban J connectivity index is 2.94. The smallest absolute Gasteiger partial charge is 0.456 e. The first-order valence-electron chi connectivity index (χ1n) is 18.8. The number of aliphatic hydroxyl groups excluding tert-OH is 3. The van der Waals surface area contributed by atoms with Crippen LogP contribution >= 0.6 is 23.5 Å². The van der Waals surface area contributed by atoms with E-state index >= 15 is 0 Å². The summed E-state index contributed by atoms with van der Waals surface area (Å²) in [5.74, 6) is 22.8. The topological polar surface area (TPSA) is 303 Å². The van der Waals surface area contributed by atoms with Crippen LogP contribution in [0.4, 0.5) is 0 Å². The van der Waals surface area contributed by atoms with E-state index in [1.165, 1.54) is 44.9 Å². The number of aliphatic hydroxyl groups is 3. The van der Waals surface area contributed by atoms with Crippen molar-refractivity contribution in [2.75, 3.05) is 13.2 Å². The Kier molecular flexibility index (Phi) is 27.0. The Morgan fingerprint density at radius 1 is 0.583 bits per heavy atom. The van der Waals surface area contributed by atoms with E-state index in [-0.39, 0.29) is 6.42 Å². The Morgan fingerprint density at radius 3 is 1.50 bits per heavy atom. The summed E-state index contributed by atoms with van der Waals surface area (Å²) in [6, 6.07) is 0. The average Bonchev–Trinajstić information content (AvgIpc) is 3.16. The molecule has 0 aromatic heterocycles. The Hall–Kier alpha value is -3.49. The minimum atomic E-state index is -5.63. The number of terminal acetylenes is 1. The largest absolute Gasteiger partial charge is 0.472 e. The van der Waals surface area contributed by atoms with Crippen molar-refractivity contribution in [3.63, 3.8) is 0 Å². The lowest BCUT2D eigenvalue weighted by atomic mass is 9.85. The molecule has 1 saturated carbocycles. The molecule has 1 fully saturated rings. The van der Waals surface area contributed by atoms with Gasteiger partial charge < -0.3 is 49.3 Å². The van der Waals surface area contributed by atoms with E-state index in [1.807, 2.05) is 5.92 Å². The van der Waals surface area contributed by atoms with Gasteiger partial charge in [-0.25, -0.2) is 18.5 Å². The van der Waals surface area contributed by atoms with E-state index in [0.717, 1.165) is 25.7 Å². The normalized spacial score (nSPS) is 21.1. The molecule has 19 nitrogen and oxygen atoms in total. The lowest BCUT2D eigenvalue weighted by molar-refractivity contribution is -0.213. The summed E-state index contributed by atoms with van der Waals surface area (Å²) in [5.41, 5.74) is 0. The third kappa shape index (κ3) is 26.0. The second-order valence-corrected chi connectivity index (χ2v) is 16.8. The van der Waals surface area contributed by atoms with Crippen LogP contribution in [0.15, 0.2) is 0 Å². The molecule has 0 spiro atoms. The molecule has 0 aromatic carbocycles. The second-order valence-electron chi connectivity index (χ2n) is 13.0. The molecule has 0 aliphatic heterocycles. The zero-order chi connectivity index (χ0) is 45.0. The first kappa shape index (κ1) is 54.5. The third-order valence-electron chi connectivity index (χ3n) is 8.14. The SMILES string of the molecule is C#CC#CC#CC#CC#CC#CC(=O)OC[C@H](COP(=O)(O)OC1C(O)[C@H](OP(=O)(O)O)[C@H](OP(=O)(O)O)C(O)[C@@H]1O)OC(=O)CCCCCCCCCCCCCCC. The Labute approximate surface area is 349 Å². The molecule has 0 heterocycles. The van der Waals surface area contributed by atoms with E-state index in [2.05, 4.69) is 75.2 Å². The maximum atomic E-state index is 13.0. The predicted molar refractivity (Wildman–Crippen MR) is 211 cm³/mol. The molecule has 1 aliphatic rings. The molecular weight excluding hydrogens is 853 g/mol. The average molecular weight is 905 g/mol. The van der Waals surface area contributed by atoms with Crippen LogP contribution in [-0.4, -0.2) is 108 Å². The van der Waals surface area contributed by atoms with Crippen molar-refractivity contribution >= 4 is 35.4 Å². The maximum Gasteiger partial charge on any atom is 0.472 e. The first-order valence-corrected chi connectivity index (χ1v) is 23.4. The highest BCUT2D eigenvalue weighted by Gasteiger charge is 2.56. The lowest BCUT2D eigenvalue weighted by Gasteiger charge is -2.44. The van der Waals surface area contributed by atoms with Gasteiger partial charge in [-0.05, 0) is 65.6 Å². The van der Waals surface area contributed by atoms with Gasteiger partial charge in [0.15, 0.2) is 6.10 Å². The van der Waals surface area contributed by atoms with Gasteiger partial charge in [-0.2, -0.15) is 0 Å². The van der Waals surface area contributed by atoms with Gasteiger partial charge in [0.2, 0.25) is 0 Å². The van der Waals surface area contributed by atoms with Crippen molar-refractivity contribution in [2.24, 2.45) is 0 Å². The van der Waals surface area contributed by atoms with Crippen LogP contribution in [0.5, 0.6) is 0 Å². The summed E-state index contributed by atoms with van der Waals surface area (Å²) >= 11 is 0. The number of phosphoric acid groups is 3. The van der Waals surface area contributed by atoms with Crippen LogP contribution in [0.3, 0.4) is 0 Å². The Morgan fingerprint density at radius 2 is 1.02 bits per heavy atom. The number of esters is 2. The van der Waals surface area contributed by atoms with Crippen LogP contribution in [0.1, 0.15) is 96.8 Å². The number of hydrogen-bond donors (Lipinski definition) is 8. The minimum absolute atomic E-state index is 0.0794. The van der Waals surface area contributed by atoms with Crippen LogP contribution in [0, 0.1) is 71.5 Å². The van der Waals surface area contributed by atoms with E-state index < -0.39 is 91.3 Å². The van der Waals surface area contributed by atoms with Crippen molar-refractivity contribution in [3.05, 3.63) is 0 Å². The minimum Gasteiger partial charge on any atom is -0.456 e. The van der Waals surface area contributed by atoms with E-state index in [1.54, 1.807) is 0 Å². The molecule has 22 heteroatoms. The van der Waals surface area contributed by atoms with Crippen molar-refractivity contribution in [1.82, 2.24) is 0 Å². The van der Waals surface area contributed by atoms with Gasteiger partial charge in [-0.1, -0.05) is 84.0 Å². The molecule has 0 radical (unpaired) electrons. The fraction of sp³-hybridized carbons (Fsp3) is 0.632. The van der Waals surface area contributed by atoms with Crippen LogP contribution in [0.2, 0.25) is 0 Å². The molecule has 0 aromatic rings. The van der Waals surface area contributed by atoms with Crippen LogP contribution < -0.4 is 0 Å². The third-order valence-corrected chi connectivity index (χ3v) is 10.2. The van der Waals surface area contributed by atoms with Crippen LogP contribution in [0.25, 0.3) is 0 Å². The molecule has 0 amide bonds. The summed E-state index contributed by atoms with van der Waals surface area (Å²) in [5, 5.41) is 31.6. The highest BCUT2D eigenvalue weighted by molar-refractivity contribution is 7.47. The lowest BCUT2D eigenvalue weighted by Crippen LogP contribution is -2.65. The number of carbonyl (C=O) groups is 2. The molecule has 1 aliphatic carbocycles. The molecule has 4 unspecified atom stereocenters. The molecular formula is C38H51O19P3. The van der Waals surface area contributed by atoms with Crippen molar-refractivity contribution < 1.29 is 90.6 Å². The van der Waals surface area contributed by atoms with Crippen molar-refractivity contribution in [3.8, 4) is 71.5 Å². The Bertz CT molecular complexity index is 1880. The zero-order valence-electron chi connectivity index (χ0n) is 32.8. The standard InChI is InChI=1S/C38H51O19P3/c1-3-5-7-9-11-13-15-16-17-19-21-23-25-27-32(40)54-30(28-52-31(39)26-24-22-20-18-14-12-10-8-6-4-2)29-53-60(50,51)57-36-33(41)34(42)37(55-58(44,45)46)38(35(36)43)56-59(47,48)49/h2,30,33-38,41-43H,3,5,7,9,11,13,15-17,19,21,23,25,27-29H2,1H3,(H,50,51)(H2,44,45,46)(H2,47,48,49)/t30-,33+,34?,35?,36?,37-,38+/m1/s1. The van der Waals surface area contributed by atoms with Gasteiger partial charge in [0.1, 0.15) is 43.2 Å². The zero-order valence-corrected chi connectivity index (χ0v) is 35.5. The molecule has 60 heavy (non-hydrogen) atoms. The molecule has 8 atom stereocenters. The summed E-state index contributed by atoms with van der Waals surface area (Å²) in [6.07, 6.45) is 1.93. The first-order chi connectivity index (χ1) is 28.3. The second kappa shape index (κ2) is 29.7. The van der Waals surface area contributed by atoms with E-state index in [4.69, 9.17) is 24.9 Å². The summed E-state index contributed by atoms with van der Waals surface area (Å²) in [7, 11) is -16.7. The number of hydrogen-bond acceptors (Lipinski definition) is 14. The van der Waals surface area contributed by atoms with Gasteiger partial charge in [-0.15, -0.1) is 6.42 Å². The molecule has 332 valence electrons.